The highest BCUT2D eigenvalue weighted by molar-refractivity contribution is 5.91. The van der Waals surface area contributed by atoms with E-state index < -0.39 is 17.9 Å². The fourth-order valence-electron chi connectivity index (χ4n) is 7.84. The molecule has 4 atom stereocenters. The largest absolute Gasteiger partial charge is 0.462 e. The van der Waals surface area contributed by atoms with Gasteiger partial charge in [-0.1, -0.05) is 176 Å². The molecule has 1 N–H and O–H groups in total. The fraction of sp³-hybridized carbons (Fsp3) is 0.915. The highest BCUT2D eigenvalue weighted by atomic mass is 16.5. The van der Waals surface area contributed by atoms with Crippen molar-refractivity contribution in [2.75, 3.05) is 13.1 Å². The number of hydrogen-bond donors (Lipinski definition) is 1. The molecule has 1 aliphatic rings. The number of ether oxygens (including phenoxy) is 2. The van der Waals surface area contributed by atoms with Crippen LogP contribution in [0.4, 0.5) is 0 Å². The second kappa shape index (κ2) is 35.1. The van der Waals surface area contributed by atoms with Crippen LogP contribution in [0.1, 0.15) is 240 Å². The van der Waals surface area contributed by atoms with Crippen LogP contribution in [-0.4, -0.2) is 60.0 Å². The molecular weight excluding hydrogens is 689 g/mol. The van der Waals surface area contributed by atoms with E-state index in [1.165, 1.54) is 128 Å². The molecule has 1 fully saturated rings. The summed E-state index contributed by atoms with van der Waals surface area (Å²) in [6.07, 6.45) is 34.7. The van der Waals surface area contributed by atoms with E-state index in [-0.39, 0.29) is 49.3 Å². The number of carbonyl (C=O) groups excluding carboxylic acids is 4. The molecule has 55 heavy (non-hydrogen) atoms. The van der Waals surface area contributed by atoms with Crippen LogP contribution in [0.3, 0.4) is 0 Å². The Balaban J connectivity index is 2.54. The Morgan fingerprint density at radius 2 is 1.00 bits per heavy atom. The Labute approximate surface area is 339 Å². The number of hydrogen-bond acceptors (Lipinski definition) is 6. The van der Waals surface area contributed by atoms with E-state index >= 15 is 0 Å². The molecule has 0 aromatic carbocycles. The Hall–Kier alpha value is -2.12. The van der Waals surface area contributed by atoms with E-state index in [2.05, 4.69) is 19.2 Å². The van der Waals surface area contributed by atoms with Crippen molar-refractivity contribution in [3.63, 3.8) is 0 Å². The average molecular weight is 777 g/mol. The number of unbranched alkanes of at least 4 members (excludes halogenated alkanes) is 22. The van der Waals surface area contributed by atoms with Gasteiger partial charge < -0.3 is 19.7 Å². The van der Waals surface area contributed by atoms with Gasteiger partial charge in [-0.25, -0.2) is 4.79 Å². The van der Waals surface area contributed by atoms with Crippen molar-refractivity contribution in [3.05, 3.63) is 0 Å². The van der Waals surface area contributed by atoms with Crippen molar-refractivity contribution in [1.29, 1.82) is 0 Å². The first-order chi connectivity index (χ1) is 26.8. The van der Waals surface area contributed by atoms with E-state index in [1.54, 1.807) is 4.90 Å². The van der Waals surface area contributed by atoms with E-state index in [4.69, 9.17) is 9.47 Å². The minimum Gasteiger partial charge on any atom is -0.462 e. The van der Waals surface area contributed by atoms with E-state index in [1.807, 2.05) is 20.8 Å². The molecule has 1 rings (SSSR count). The van der Waals surface area contributed by atoms with Crippen molar-refractivity contribution in [2.24, 2.45) is 5.92 Å². The number of rotatable bonds is 38. The van der Waals surface area contributed by atoms with Crippen molar-refractivity contribution in [1.82, 2.24) is 10.2 Å². The maximum Gasteiger partial charge on any atom is 0.328 e. The minimum atomic E-state index is -0.956. The van der Waals surface area contributed by atoms with Gasteiger partial charge in [0.2, 0.25) is 11.8 Å². The molecule has 4 unspecified atom stereocenters. The summed E-state index contributed by atoms with van der Waals surface area (Å²) in [6, 6.07) is -0.956. The van der Waals surface area contributed by atoms with Gasteiger partial charge in [0.15, 0.2) is 0 Å². The summed E-state index contributed by atoms with van der Waals surface area (Å²) in [5.41, 5.74) is 0. The van der Waals surface area contributed by atoms with Gasteiger partial charge in [0.1, 0.15) is 18.2 Å². The van der Waals surface area contributed by atoms with E-state index in [9.17, 15) is 19.2 Å². The van der Waals surface area contributed by atoms with Crippen LogP contribution in [0.15, 0.2) is 0 Å². The van der Waals surface area contributed by atoms with Crippen molar-refractivity contribution in [2.45, 2.75) is 258 Å². The molecule has 0 aromatic heterocycles. The van der Waals surface area contributed by atoms with Gasteiger partial charge in [-0.2, -0.15) is 0 Å². The molecule has 0 aliphatic carbocycles. The molecular formula is C47H88N2O6. The lowest BCUT2D eigenvalue weighted by Gasteiger charge is -2.23. The third-order valence-electron chi connectivity index (χ3n) is 11.6. The lowest BCUT2D eigenvalue weighted by Crippen LogP contribution is -2.46. The molecule has 2 amide bonds. The topological polar surface area (TPSA) is 102 Å². The highest BCUT2D eigenvalue weighted by Gasteiger charge is 2.36. The Morgan fingerprint density at radius 1 is 0.582 bits per heavy atom. The second-order valence-electron chi connectivity index (χ2n) is 16.7. The molecule has 0 bridgehead atoms. The molecule has 8 heteroatoms. The molecule has 1 aliphatic heterocycles. The number of nitrogens with one attached hydrogen (secondary N) is 1. The quantitative estimate of drug-likeness (QED) is 0.0495. The summed E-state index contributed by atoms with van der Waals surface area (Å²) in [5, 5.41) is 2.89. The van der Waals surface area contributed by atoms with Crippen LogP contribution >= 0.6 is 0 Å². The van der Waals surface area contributed by atoms with Gasteiger partial charge in [0.05, 0.1) is 5.92 Å². The summed E-state index contributed by atoms with van der Waals surface area (Å²) in [5.74, 6) is -1.70. The predicted octanol–water partition coefficient (Wildman–Crippen LogP) is 12.3. The first-order valence-corrected chi connectivity index (χ1v) is 23.8. The monoisotopic (exact) mass is 777 g/mol. The zero-order valence-electron chi connectivity index (χ0n) is 36.7. The van der Waals surface area contributed by atoms with Crippen LogP contribution in [0, 0.1) is 5.92 Å². The van der Waals surface area contributed by atoms with Crippen molar-refractivity contribution in [3.8, 4) is 0 Å². The third kappa shape index (κ3) is 26.4. The van der Waals surface area contributed by atoms with Crippen LogP contribution < -0.4 is 5.32 Å². The van der Waals surface area contributed by atoms with Gasteiger partial charge >= 0.3 is 11.9 Å². The molecule has 0 saturated carbocycles. The lowest BCUT2D eigenvalue weighted by molar-refractivity contribution is -0.155. The Bertz CT molecular complexity index is 973. The van der Waals surface area contributed by atoms with Crippen LogP contribution in [0.25, 0.3) is 0 Å². The van der Waals surface area contributed by atoms with Gasteiger partial charge in [-0.05, 0) is 51.4 Å². The maximum atomic E-state index is 13.6. The van der Waals surface area contributed by atoms with Crippen molar-refractivity contribution >= 4 is 23.8 Å². The number of nitrogens with zero attached hydrogens (tertiary/aromatic N) is 1. The molecule has 8 nitrogen and oxygen atoms in total. The maximum absolute atomic E-state index is 13.6. The van der Waals surface area contributed by atoms with Gasteiger partial charge in [0, 0.05) is 25.9 Å². The number of likely N-dealkylation sites (tertiary alicyclic amines) is 1. The molecule has 1 heterocycles. The first kappa shape index (κ1) is 50.9. The molecule has 322 valence electrons. The van der Waals surface area contributed by atoms with Gasteiger partial charge in [-0.3, -0.25) is 14.4 Å². The standard InChI is InChI=1S/C47H88N2O6/c1-6-11-13-15-17-19-21-23-25-27-29-31-33-41(9-4)54-45(51)36-35-43(48-46(52)40-38-44(50)49(39-40)37-8-3)47(53)55-42(10-5)34-32-30-28-26-24-22-20-18-16-14-12-7-2/h40-43H,6-39H2,1-5H3,(H,48,52). The Kier molecular flexibility index (Phi) is 32.5. The van der Waals surface area contributed by atoms with Crippen LogP contribution in [0.5, 0.6) is 0 Å². The highest BCUT2D eigenvalue weighted by Crippen LogP contribution is 2.21. The summed E-state index contributed by atoms with van der Waals surface area (Å²) in [6.45, 7) is 11.6. The van der Waals surface area contributed by atoms with Crippen LogP contribution in [0.2, 0.25) is 0 Å². The Morgan fingerprint density at radius 3 is 1.42 bits per heavy atom. The smallest absolute Gasteiger partial charge is 0.328 e. The first-order valence-electron chi connectivity index (χ1n) is 23.8. The lowest BCUT2D eigenvalue weighted by atomic mass is 10.0. The molecule has 0 aromatic rings. The minimum absolute atomic E-state index is 0.0239. The zero-order chi connectivity index (χ0) is 40.4. The summed E-state index contributed by atoms with van der Waals surface area (Å²) in [4.78, 5) is 54.2. The third-order valence-corrected chi connectivity index (χ3v) is 11.6. The summed E-state index contributed by atoms with van der Waals surface area (Å²) < 4.78 is 11.8. The van der Waals surface area contributed by atoms with Gasteiger partial charge in [-0.15, -0.1) is 0 Å². The average Bonchev–Trinajstić information content (AvgIpc) is 3.55. The van der Waals surface area contributed by atoms with Gasteiger partial charge in [0.25, 0.3) is 0 Å². The zero-order valence-corrected chi connectivity index (χ0v) is 36.7. The van der Waals surface area contributed by atoms with Crippen LogP contribution in [-0.2, 0) is 28.7 Å². The normalized spacial score (nSPS) is 15.9. The van der Waals surface area contributed by atoms with E-state index in [0.29, 0.717) is 19.5 Å². The SMILES string of the molecule is CCCCCCCCCCCCCCC(CC)OC(=O)CCC(NC(=O)C1CC(=O)N(CCC)C1)C(=O)OC(CC)CCCCCCCCCCCCCC. The number of esters is 2. The summed E-state index contributed by atoms with van der Waals surface area (Å²) in [7, 11) is 0. The molecule has 0 radical (unpaired) electrons. The fourth-order valence-corrected chi connectivity index (χ4v) is 7.84. The van der Waals surface area contributed by atoms with Crippen molar-refractivity contribution < 1.29 is 28.7 Å². The predicted molar refractivity (Wildman–Crippen MR) is 228 cm³/mol. The van der Waals surface area contributed by atoms with E-state index in [0.717, 1.165) is 51.4 Å². The summed E-state index contributed by atoms with van der Waals surface area (Å²) >= 11 is 0. The number of carbonyl (C=O) groups is 4. The second-order valence-corrected chi connectivity index (χ2v) is 16.7. The molecule has 0 spiro atoms. The number of amides is 2. The molecule has 1 saturated heterocycles.